The van der Waals surface area contributed by atoms with Crippen LogP contribution in [0, 0.1) is 5.82 Å². The van der Waals surface area contributed by atoms with E-state index in [-0.39, 0.29) is 22.4 Å². The maximum atomic E-state index is 12.9. The van der Waals surface area contributed by atoms with Crippen LogP contribution in [0.2, 0.25) is 10.3 Å². The van der Waals surface area contributed by atoms with E-state index in [1.54, 1.807) is 0 Å². The Kier molecular flexibility index (Phi) is 3.44. The Morgan fingerprint density at radius 3 is 2.69 bits per heavy atom. The Balaban J connectivity index is 3.15. The van der Waals surface area contributed by atoms with Crippen LogP contribution in [-0.4, -0.2) is 16.6 Å². The zero-order valence-electron chi connectivity index (χ0n) is 6.47. The van der Waals surface area contributed by atoms with Crippen molar-refractivity contribution in [2.24, 2.45) is 5.73 Å². The summed E-state index contributed by atoms with van der Waals surface area (Å²) in [4.78, 5) is 3.48. The predicted octanol–water partition coefficient (Wildman–Crippen LogP) is 1.52. The molecule has 1 atom stereocenters. The number of nitrogens with two attached hydrogens (primary N) is 1. The molecule has 0 spiro atoms. The van der Waals surface area contributed by atoms with Gasteiger partial charge in [0.1, 0.15) is 5.15 Å². The predicted molar refractivity (Wildman–Crippen MR) is 48.2 cm³/mol. The molecule has 0 saturated carbocycles. The molecule has 0 aromatic carbocycles. The quantitative estimate of drug-likeness (QED) is 0.750. The molecular weight excluding hydrogens is 218 g/mol. The minimum absolute atomic E-state index is 0.0376. The highest BCUT2D eigenvalue weighted by molar-refractivity contribution is 6.32. The van der Waals surface area contributed by atoms with Gasteiger partial charge >= 0.3 is 0 Å². The van der Waals surface area contributed by atoms with E-state index in [4.69, 9.17) is 28.9 Å². The second kappa shape index (κ2) is 4.19. The molecule has 0 aliphatic rings. The van der Waals surface area contributed by atoms with Crippen molar-refractivity contribution in [2.45, 2.75) is 6.10 Å². The number of aromatic nitrogens is 1. The van der Waals surface area contributed by atoms with Gasteiger partial charge in [0.15, 0.2) is 11.0 Å². The summed E-state index contributed by atoms with van der Waals surface area (Å²) in [6.45, 7) is -0.0531. The number of pyridine rings is 1. The fourth-order valence-electron chi connectivity index (χ4n) is 0.820. The monoisotopic (exact) mass is 224 g/mol. The van der Waals surface area contributed by atoms with Crippen LogP contribution in [0.4, 0.5) is 4.39 Å². The van der Waals surface area contributed by atoms with E-state index >= 15 is 0 Å². The van der Waals surface area contributed by atoms with Gasteiger partial charge in [-0.2, -0.15) is 0 Å². The lowest BCUT2D eigenvalue weighted by molar-refractivity contribution is 0.186. The molecule has 1 unspecified atom stereocenters. The van der Waals surface area contributed by atoms with Gasteiger partial charge in [-0.15, -0.1) is 0 Å². The van der Waals surface area contributed by atoms with E-state index in [0.29, 0.717) is 0 Å². The third-order valence-electron chi connectivity index (χ3n) is 1.50. The van der Waals surface area contributed by atoms with Gasteiger partial charge in [-0.05, 0) is 6.07 Å². The second-order valence-electron chi connectivity index (χ2n) is 2.39. The molecule has 1 rings (SSSR count). The highest BCUT2D eigenvalue weighted by Crippen LogP contribution is 2.24. The molecule has 0 aliphatic carbocycles. The van der Waals surface area contributed by atoms with Gasteiger partial charge in [0.25, 0.3) is 0 Å². The smallest absolute Gasteiger partial charge is 0.166 e. The number of aliphatic hydroxyl groups excluding tert-OH is 1. The largest absolute Gasteiger partial charge is 0.387 e. The molecule has 0 saturated heterocycles. The Morgan fingerprint density at radius 1 is 1.54 bits per heavy atom. The van der Waals surface area contributed by atoms with Crippen molar-refractivity contribution in [2.75, 3.05) is 6.54 Å². The van der Waals surface area contributed by atoms with E-state index in [2.05, 4.69) is 4.98 Å². The molecule has 1 aromatic heterocycles. The molecule has 0 fully saturated rings. The molecule has 1 aromatic rings. The maximum absolute atomic E-state index is 12.9. The molecule has 0 bridgehead atoms. The van der Waals surface area contributed by atoms with Crippen molar-refractivity contribution in [3.05, 3.63) is 27.8 Å². The van der Waals surface area contributed by atoms with Gasteiger partial charge in [-0.1, -0.05) is 23.2 Å². The number of halogens is 3. The van der Waals surface area contributed by atoms with E-state index in [1.165, 1.54) is 0 Å². The first-order chi connectivity index (χ1) is 6.06. The first kappa shape index (κ1) is 10.7. The Hall–Kier alpha value is -0.420. The van der Waals surface area contributed by atoms with Crippen molar-refractivity contribution in [1.82, 2.24) is 4.98 Å². The van der Waals surface area contributed by atoms with Crippen LogP contribution < -0.4 is 5.73 Å². The third-order valence-corrected chi connectivity index (χ3v) is 2.06. The second-order valence-corrected chi connectivity index (χ2v) is 3.11. The zero-order valence-corrected chi connectivity index (χ0v) is 7.98. The molecule has 0 aliphatic heterocycles. The molecule has 13 heavy (non-hydrogen) atoms. The highest BCUT2D eigenvalue weighted by Gasteiger charge is 2.14. The van der Waals surface area contributed by atoms with E-state index in [1.807, 2.05) is 0 Å². The van der Waals surface area contributed by atoms with Crippen molar-refractivity contribution >= 4 is 23.2 Å². The standard InChI is InChI=1S/C7H7Cl2FN2O/c8-6-3(5(13)2-11)1-4(10)7(9)12-6/h1,5,13H,2,11H2. The average molecular weight is 225 g/mol. The molecular formula is C7H7Cl2FN2O. The van der Waals surface area contributed by atoms with Crippen LogP contribution in [0.5, 0.6) is 0 Å². The van der Waals surface area contributed by atoms with E-state index in [0.717, 1.165) is 6.07 Å². The van der Waals surface area contributed by atoms with Gasteiger partial charge in [0, 0.05) is 12.1 Å². The van der Waals surface area contributed by atoms with Crippen LogP contribution >= 0.6 is 23.2 Å². The summed E-state index contributed by atoms with van der Waals surface area (Å²) in [7, 11) is 0. The first-order valence-electron chi connectivity index (χ1n) is 3.45. The van der Waals surface area contributed by atoms with Gasteiger partial charge in [-0.25, -0.2) is 9.37 Å². The van der Waals surface area contributed by atoms with Crippen molar-refractivity contribution in [1.29, 1.82) is 0 Å². The summed E-state index contributed by atoms with van der Waals surface area (Å²) in [5.41, 5.74) is 5.31. The van der Waals surface area contributed by atoms with Gasteiger partial charge in [0.05, 0.1) is 6.10 Å². The third kappa shape index (κ3) is 2.28. The highest BCUT2D eigenvalue weighted by atomic mass is 35.5. The number of aliphatic hydroxyl groups is 1. The van der Waals surface area contributed by atoms with Crippen LogP contribution in [0.15, 0.2) is 6.07 Å². The van der Waals surface area contributed by atoms with Crippen LogP contribution in [0.1, 0.15) is 11.7 Å². The summed E-state index contributed by atoms with van der Waals surface area (Å²) in [5, 5.41) is 8.91. The average Bonchev–Trinajstić information content (AvgIpc) is 2.10. The minimum Gasteiger partial charge on any atom is -0.387 e. The van der Waals surface area contributed by atoms with Crippen molar-refractivity contribution in [3.63, 3.8) is 0 Å². The summed E-state index contributed by atoms with van der Waals surface area (Å²) in [6.07, 6.45) is -1.02. The zero-order chi connectivity index (χ0) is 10.0. The Morgan fingerprint density at radius 2 is 2.15 bits per heavy atom. The van der Waals surface area contributed by atoms with Gasteiger partial charge < -0.3 is 10.8 Å². The fourth-order valence-corrected chi connectivity index (χ4v) is 1.27. The molecule has 6 heteroatoms. The number of nitrogens with zero attached hydrogens (tertiary/aromatic N) is 1. The summed E-state index contributed by atoms with van der Waals surface area (Å²) in [6, 6.07) is 1.02. The summed E-state index contributed by atoms with van der Waals surface area (Å²) < 4.78 is 12.9. The summed E-state index contributed by atoms with van der Waals surface area (Å²) in [5.74, 6) is -0.728. The topological polar surface area (TPSA) is 59.1 Å². The van der Waals surface area contributed by atoms with Crippen LogP contribution in [-0.2, 0) is 0 Å². The molecule has 72 valence electrons. The maximum Gasteiger partial charge on any atom is 0.166 e. The number of hydrogen-bond acceptors (Lipinski definition) is 3. The lowest BCUT2D eigenvalue weighted by Crippen LogP contribution is -2.12. The molecule has 0 radical (unpaired) electrons. The lowest BCUT2D eigenvalue weighted by Gasteiger charge is -2.09. The van der Waals surface area contributed by atoms with Crippen LogP contribution in [0.3, 0.4) is 0 Å². The SMILES string of the molecule is NCC(O)c1cc(F)c(Cl)nc1Cl. The Labute approximate surface area is 84.3 Å². The van der Waals surface area contributed by atoms with E-state index < -0.39 is 11.9 Å². The summed E-state index contributed by atoms with van der Waals surface area (Å²) >= 11 is 10.9. The fraction of sp³-hybridized carbons (Fsp3) is 0.286. The minimum atomic E-state index is -1.02. The Bertz CT molecular complexity index is 322. The van der Waals surface area contributed by atoms with Crippen LogP contribution in [0.25, 0.3) is 0 Å². The molecule has 0 amide bonds. The first-order valence-corrected chi connectivity index (χ1v) is 4.21. The molecule has 1 heterocycles. The number of rotatable bonds is 2. The number of hydrogen-bond donors (Lipinski definition) is 2. The van der Waals surface area contributed by atoms with E-state index in [9.17, 15) is 9.50 Å². The van der Waals surface area contributed by atoms with Gasteiger partial charge in [-0.3, -0.25) is 0 Å². The normalized spacial score (nSPS) is 13.0. The lowest BCUT2D eigenvalue weighted by atomic mass is 10.1. The van der Waals surface area contributed by atoms with Crippen molar-refractivity contribution < 1.29 is 9.50 Å². The molecule has 3 nitrogen and oxygen atoms in total. The van der Waals surface area contributed by atoms with Gasteiger partial charge in [0.2, 0.25) is 0 Å². The van der Waals surface area contributed by atoms with Crippen molar-refractivity contribution in [3.8, 4) is 0 Å². The molecule has 3 N–H and O–H groups in total.